The minimum absolute atomic E-state index is 0.0143. The second-order valence-electron chi connectivity index (χ2n) is 18.9. The highest BCUT2D eigenvalue weighted by Gasteiger charge is 2.18. The molecule has 0 rings (SSSR count). The first-order valence-electron chi connectivity index (χ1n) is 27.6. The molecule has 6 heteroatoms. The zero-order valence-corrected chi connectivity index (χ0v) is 41.6. The molecular weight excluding hydrogens is 767 g/mol. The van der Waals surface area contributed by atoms with E-state index in [1.54, 1.807) is 6.08 Å². The van der Waals surface area contributed by atoms with E-state index < -0.39 is 12.1 Å². The lowest BCUT2D eigenvalue weighted by Crippen LogP contribution is -2.45. The quantitative estimate of drug-likeness (QED) is 0.0321. The molecule has 62 heavy (non-hydrogen) atoms. The van der Waals surface area contributed by atoms with Crippen LogP contribution < -0.4 is 5.32 Å². The molecule has 6 nitrogen and oxygen atoms in total. The normalized spacial score (nSPS) is 12.8. The first kappa shape index (κ1) is 60.3. The fourth-order valence-corrected chi connectivity index (χ4v) is 8.44. The van der Waals surface area contributed by atoms with Crippen molar-refractivity contribution in [3.63, 3.8) is 0 Å². The molecule has 0 aliphatic heterocycles. The lowest BCUT2D eigenvalue weighted by Gasteiger charge is -2.20. The van der Waals surface area contributed by atoms with Gasteiger partial charge in [0.1, 0.15) is 0 Å². The predicted molar refractivity (Wildman–Crippen MR) is 269 cm³/mol. The number of carbonyl (C=O) groups is 2. The summed E-state index contributed by atoms with van der Waals surface area (Å²) in [5, 5.41) is 23.1. The highest BCUT2D eigenvalue weighted by Crippen LogP contribution is 2.17. The van der Waals surface area contributed by atoms with Gasteiger partial charge in [-0.3, -0.25) is 9.59 Å². The van der Waals surface area contributed by atoms with Gasteiger partial charge >= 0.3 is 5.97 Å². The van der Waals surface area contributed by atoms with Crippen molar-refractivity contribution in [2.24, 2.45) is 0 Å². The zero-order valence-electron chi connectivity index (χ0n) is 41.6. The van der Waals surface area contributed by atoms with Crippen molar-refractivity contribution in [1.82, 2.24) is 5.32 Å². The van der Waals surface area contributed by atoms with Crippen molar-refractivity contribution in [3.05, 3.63) is 24.3 Å². The number of aliphatic hydroxyl groups is 2. The van der Waals surface area contributed by atoms with E-state index in [9.17, 15) is 19.8 Å². The monoisotopic (exact) mass is 874 g/mol. The molecule has 0 fully saturated rings. The number of allylic oxidation sites excluding steroid dienone is 3. The lowest BCUT2D eigenvalue weighted by molar-refractivity contribution is -0.143. The van der Waals surface area contributed by atoms with Crippen LogP contribution in [0.15, 0.2) is 24.3 Å². The van der Waals surface area contributed by atoms with Gasteiger partial charge in [0.25, 0.3) is 0 Å². The van der Waals surface area contributed by atoms with E-state index in [1.807, 2.05) is 6.08 Å². The van der Waals surface area contributed by atoms with Gasteiger partial charge in [-0.2, -0.15) is 0 Å². The van der Waals surface area contributed by atoms with Gasteiger partial charge in [-0.05, 0) is 51.4 Å². The molecule has 0 radical (unpaired) electrons. The van der Waals surface area contributed by atoms with E-state index in [0.29, 0.717) is 19.4 Å². The van der Waals surface area contributed by atoms with Gasteiger partial charge in [0.2, 0.25) is 5.91 Å². The average molecular weight is 874 g/mol. The topological polar surface area (TPSA) is 95.9 Å². The SMILES string of the molecule is CCCC/C=C\CCCCCCCC(=O)OCCCCCCCCCCCCCCCCC(=O)NC(CO)C(O)/C=C/CCCCCCCCCCCCCCCCCCCC. The molecule has 0 saturated carbocycles. The summed E-state index contributed by atoms with van der Waals surface area (Å²) in [6.45, 7) is 4.85. The lowest BCUT2D eigenvalue weighted by atomic mass is 10.0. The number of hydrogen-bond acceptors (Lipinski definition) is 5. The van der Waals surface area contributed by atoms with Crippen molar-refractivity contribution in [3.8, 4) is 0 Å². The molecule has 0 aliphatic rings. The molecule has 2 atom stereocenters. The standard InChI is InChI=1S/C56H107NO5/c1-3-5-7-9-11-13-15-16-17-18-19-20-21-22-25-29-32-36-40-44-48-54(59)53(52-58)57-55(60)49-45-41-37-33-30-26-23-24-27-31-35-39-43-47-51-62-56(61)50-46-42-38-34-28-14-12-10-8-6-4-2/h10,12,44,48,53-54,58-59H,3-9,11,13-43,45-47,49-52H2,1-2H3,(H,57,60)/b12-10-,48-44+. The molecule has 3 N–H and O–H groups in total. The number of carbonyl (C=O) groups excluding carboxylic acids is 2. The largest absolute Gasteiger partial charge is 0.466 e. The van der Waals surface area contributed by atoms with Gasteiger partial charge in [0.05, 0.1) is 25.4 Å². The fourth-order valence-electron chi connectivity index (χ4n) is 8.44. The van der Waals surface area contributed by atoms with Crippen molar-refractivity contribution in [2.75, 3.05) is 13.2 Å². The minimum atomic E-state index is -0.852. The van der Waals surface area contributed by atoms with Crippen LogP contribution in [-0.4, -0.2) is 47.4 Å². The summed E-state index contributed by atoms with van der Waals surface area (Å²) in [6, 6.07) is -0.636. The second-order valence-corrected chi connectivity index (χ2v) is 18.9. The third-order valence-electron chi connectivity index (χ3n) is 12.7. The summed E-state index contributed by atoms with van der Waals surface area (Å²) in [5.74, 6) is -0.0912. The Morgan fingerprint density at radius 1 is 0.435 bits per heavy atom. The van der Waals surface area contributed by atoms with E-state index >= 15 is 0 Å². The van der Waals surface area contributed by atoms with Gasteiger partial charge < -0.3 is 20.3 Å². The Bertz CT molecular complexity index is 966. The Hall–Kier alpha value is -1.66. The fraction of sp³-hybridized carbons (Fsp3) is 0.893. The molecule has 0 heterocycles. The van der Waals surface area contributed by atoms with E-state index in [0.717, 1.165) is 57.8 Å². The van der Waals surface area contributed by atoms with Crippen LogP contribution in [0.5, 0.6) is 0 Å². The van der Waals surface area contributed by atoms with Crippen LogP contribution in [0.1, 0.15) is 296 Å². The van der Waals surface area contributed by atoms with Gasteiger partial charge in [-0.25, -0.2) is 0 Å². The highest BCUT2D eigenvalue weighted by atomic mass is 16.5. The summed E-state index contributed by atoms with van der Waals surface area (Å²) < 4.78 is 5.44. The van der Waals surface area contributed by atoms with E-state index in [1.165, 1.54) is 212 Å². The number of aliphatic hydroxyl groups excluding tert-OH is 2. The molecule has 366 valence electrons. The first-order valence-corrected chi connectivity index (χ1v) is 27.6. The average Bonchev–Trinajstić information content (AvgIpc) is 3.27. The highest BCUT2D eigenvalue weighted by molar-refractivity contribution is 5.76. The van der Waals surface area contributed by atoms with Crippen LogP contribution >= 0.6 is 0 Å². The molecule has 2 unspecified atom stereocenters. The molecule has 0 aliphatic carbocycles. The van der Waals surface area contributed by atoms with Crippen molar-refractivity contribution in [1.29, 1.82) is 0 Å². The second kappa shape index (κ2) is 52.0. The van der Waals surface area contributed by atoms with Crippen LogP contribution in [0.4, 0.5) is 0 Å². The van der Waals surface area contributed by atoms with Crippen LogP contribution in [0.25, 0.3) is 0 Å². The third kappa shape index (κ3) is 47.8. The van der Waals surface area contributed by atoms with Gasteiger partial charge in [-0.1, -0.05) is 256 Å². The van der Waals surface area contributed by atoms with Crippen molar-refractivity contribution < 1.29 is 24.5 Å². The molecular formula is C56H107NO5. The summed E-state index contributed by atoms with van der Waals surface area (Å²) in [4.78, 5) is 24.4. The molecule has 0 bridgehead atoms. The molecule has 0 spiro atoms. The number of esters is 1. The number of ether oxygens (including phenoxy) is 1. The van der Waals surface area contributed by atoms with Gasteiger partial charge in [-0.15, -0.1) is 0 Å². The Morgan fingerprint density at radius 2 is 0.774 bits per heavy atom. The Labute approximate surface area is 386 Å². The predicted octanol–water partition coefficient (Wildman–Crippen LogP) is 16.7. The maximum Gasteiger partial charge on any atom is 0.305 e. The van der Waals surface area contributed by atoms with E-state index in [4.69, 9.17) is 4.74 Å². The molecule has 0 aromatic carbocycles. The minimum Gasteiger partial charge on any atom is -0.466 e. The Morgan fingerprint density at radius 3 is 1.19 bits per heavy atom. The summed E-state index contributed by atoms with van der Waals surface area (Å²) >= 11 is 0. The zero-order chi connectivity index (χ0) is 45.1. The van der Waals surface area contributed by atoms with Crippen LogP contribution in [0, 0.1) is 0 Å². The molecule has 0 saturated heterocycles. The van der Waals surface area contributed by atoms with E-state index in [2.05, 4.69) is 31.3 Å². The summed E-state index contributed by atoms with van der Waals surface area (Å²) in [5.41, 5.74) is 0. The number of unbranched alkanes of at least 4 members (excludes halogenated alkanes) is 38. The van der Waals surface area contributed by atoms with Crippen LogP contribution in [0.2, 0.25) is 0 Å². The van der Waals surface area contributed by atoms with Crippen LogP contribution in [0.3, 0.4) is 0 Å². The number of rotatable bonds is 51. The maximum atomic E-state index is 12.5. The molecule has 1 amide bonds. The Balaban J connectivity index is 3.49. The first-order chi connectivity index (χ1) is 30.5. The summed E-state index contributed by atoms with van der Waals surface area (Å²) in [7, 11) is 0. The van der Waals surface area contributed by atoms with Crippen molar-refractivity contribution in [2.45, 2.75) is 309 Å². The molecule has 0 aromatic heterocycles. The maximum absolute atomic E-state index is 12.5. The van der Waals surface area contributed by atoms with Crippen LogP contribution in [-0.2, 0) is 14.3 Å². The number of amides is 1. The van der Waals surface area contributed by atoms with Crippen molar-refractivity contribution >= 4 is 11.9 Å². The smallest absolute Gasteiger partial charge is 0.305 e. The Kier molecular flexibility index (Phi) is 50.6. The molecule has 0 aromatic rings. The van der Waals surface area contributed by atoms with E-state index in [-0.39, 0.29) is 18.5 Å². The number of hydrogen-bond donors (Lipinski definition) is 3. The third-order valence-corrected chi connectivity index (χ3v) is 12.7. The summed E-state index contributed by atoms with van der Waals surface area (Å²) in [6.07, 6.45) is 61.9. The number of nitrogens with one attached hydrogen (secondary N) is 1. The van der Waals surface area contributed by atoms with Gasteiger partial charge in [0, 0.05) is 12.8 Å². The van der Waals surface area contributed by atoms with Gasteiger partial charge in [0.15, 0.2) is 0 Å².